The van der Waals surface area contributed by atoms with Crippen LogP contribution in [-0.4, -0.2) is 65.0 Å². The second-order valence-corrected chi connectivity index (χ2v) is 9.86. The lowest BCUT2D eigenvalue weighted by atomic mass is 9.64. The number of benzene rings is 2. The molecule has 3 amide bonds. The van der Waals surface area contributed by atoms with Crippen molar-refractivity contribution in [1.82, 2.24) is 25.5 Å². The van der Waals surface area contributed by atoms with E-state index in [4.69, 9.17) is 10.5 Å². The van der Waals surface area contributed by atoms with Gasteiger partial charge < -0.3 is 31.0 Å². The fourth-order valence-corrected chi connectivity index (χ4v) is 4.83. The first-order chi connectivity index (χ1) is 19.0. The fraction of sp³-hybridized carbons (Fsp3) is 0.379. The third kappa shape index (κ3) is 7.67. The van der Waals surface area contributed by atoms with E-state index in [0.717, 1.165) is 24.8 Å². The Morgan fingerprint density at radius 3 is 2.41 bits per heavy atom. The summed E-state index contributed by atoms with van der Waals surface area (Å²) in [6, 6.07) is 18.5. The van der Waals surface area contributed by atoms with Gasteiger partial charge >= 0.3 is 6.09 Å². The summed E-state index contributed by atoms with van der Waals surface area (Å²) in [7, 11) is 0. The number of nitrogens with two attached hydrogens (primary N) is 1. The summed E-state index contributed by atoms with van der Waals surface area (Å²) in [5.41, 5.74) is 8.40. The van der Waals surface area contributed by atoms with Gasteiger partial charge in [0, 0.05) is 43.4 Å². The summed E-state index contributed by atoms with van der Waals surface area (Å²) >= 11 is 0. The Balaban J connectivity index is 1.38. The highest BCUT2D eigenvalue weighted by atomic mass is 16.5. The van der Waals surface area contributed by atoms with Crippen molar-refractivity contribution in [3.63, 3.8) is 0 Å². The largest absolute Gasteiger partial charge is 0.445 e. The number of alkyl carbamates (subject to hydrolysis) is 1. The Morgan fingerprint density at radius 2 is 1.79 bits per heavy atom. The molecule has 1 saturated carbocycles. The predicted molar refractivity (Wildman–Crippen MR) is 146 cm³/mol. The van der Waals surface area contributed by atoms with Gasteiger partial charge in [-0.1, -0.05) is 67.1 Å². The van der Waals surface area contributed by atoms with E-state index in [0.29, 0.717) is 12.2 Å². The second-order valence-electron chi connectivity index (χ2n) is 9.86. The van der Waals surface area contributed by atoms with Gasteiger partial charge in [-0.15, -0.1) is 0 Å². The first-order valence-electron chi connectivity index (χ1n) is 13.2. The molecule has 1 fully saturated rings. The van der Waals surface area contributed by atoms with Gasteiger partial charge in [0.2, 0.25) is 11.8 Å². The number of H-pyrrole nitrogens is 1. The Kier molecular flexibility index (Phi) is 9.69. The number of imidazole rings is 1. The molecule has 1 unspecified atom stereocenters. The summed E-state index contributed by atoms with van der Waals surface area (Å²) in [6.45, 7) is 0.734. The van der Waals surface area contributed by atoms with Crippen LogP contribution in [0.2, 0.25) is 0 Å². The Morgan fingerprint density at radius 1 is 1.08 bits per heavy atom. The van der Waals surface area contributed by atoms with E-state index in [-0.39, 0.29) is 44.0 Å². The molecule has 0 saturated heterocycles. The van der Waals surface area contributed by atoms with Gasteiger partial charge in [-0.3, -0.25) is 9.59 Å². The van der Waals surface area contributed by atoms with Gasteiger partial charge in [-0.2, -0.15) is 0 Å². The van der Waals surface area contributed by atoms with Crippen molar-refractivity contribution in [2.24, 2.45) is 5.73 Å². The van der Waals surface area contributed by atoms with Crippen LogP contribution in [0.4, 0.5) is 4.79 Å². The molecule has 10 heteroatoms. The van der Waals surface area contributed by atoms with Crippen LogP contribution in [0.5, 0.6) is 0 Å². The molecule has 206 valence electrons. The summed E-state index contributed by atoms with van der Waals surface area (Å²) in [6.07, 6.45) is 5.62. The highest BCUT2D eigenvalue weighted by Crippen LogP contribution is 2.43. The number of nitrogens with one attached hydrogen (secondary N) is 3. The molecule has 1 aromatic heterocycles. The Hall–Kier alpha value is -4.18. The summed E-state index contributed by atoms with van der Waals surface area (Å²) < 4.78 is 5.33. The van der Waals surface area contributed by atoms with Crippen molar-refractivity contribution >= 4 is 17.9 Å². The topological polar surface area (TPSA) is 142 Å². The number of aromatic nitrogens is 2. The van der Waals surface area contributed by atoms with E-state index in [1.54, 1.807) is 6.20 Å². The number of aromatic amines is 1. The third-order valence-electron chi connectivity index (χ3n) is 7.15. The fourth-order valence-electron chi connectivity index (χ4n) is 4.83. The van der Waals surface area contributed by atoms with E-state index < -0.39 is 18.0 Å². The van der Waals surface area contributed by atoms with Gasteiger partial charge in [0.25, 0.3) is 0 Å². The molecule has 39 heavy (non-hydrogen) atoms. The minimum absolute atomic E-state index is 0.0652. The van der Waals surface area contributed by atoms with Gasteiger partial charge in [-0.05, 0) is 24.0 Å². The van der Waals surface area contributed by atoms with Crippen LogP contribution in [-0.2, 0) is 32.8 Å². The van der Waals surface area contributed by atoms with Crippen molar-refractivity contribution in [3.8, 4) is 0 Å². The average Bonchev–Trinajstić information content (AvgIpc) is 3.45. The molecule has 10 nitrogen and oxygen atoms in total. The van der Waals surface area contributed by atoms with E-state index in [2.05, 4.69) is 32.7 Å². The smallest absolute Gasteiger partial charge is 0.408 e. The van der Waals surface area contributed by atoms with Crippen molar-refractivity contribution in [1.29, 1.82) is 0 Å². The number of hydrogen-bond donors (Lipinski definition) is 4. The summed E-state index contributed by atoms with van der Waals surface area (Å²) in [5.74, 6) is -0.700. The molecule has 0 aliphatic heterocycles. The quantitative estimate of drug-likeness (QED) is 0.266. The number of rotatable bonds is 13. The molecular formula is C29H36N6O4. The van der Waals surface area contributed by atoms with Crippen LogP contribution in [0.1, 0.15) is 36.1 Å². The van der Waals surface area contributed by atoms with E-state index >= 15 is 0 Å². The summed E-state index contributed by atoms with van der Waals surface area (Å²) in [5, 5.41) is 5.69. The van der Waals surface area contributed by atoms with Crippen molar-refractivity contribution in [2.75, 3.05) is 26.2 Å². The summed E-state index contributed by atoms with van der Waals surface area (Å²) in [4.78, 5) is 47.5. The van der Waals surface area contributed by atoms with Gasteiger partial charge in [0.15, 0.2) is 0 Å². The second kappa shape index (κ2) is 13.6. The molecule has 3 aromatic rings. The first kappa shape index (κ1) is 27.8. The van der Waals surface area contributed by atoms with Crippen molar-refractivity contribution < 1.29 is 19.1 Å². The highest BCUT2D eigenvalue weighted by molar-refractivity contribution is 5.89. The lowest BCUT2D eigenvalue weighted by Crippen LogP contribution is -2.54. The van der Waals surface area contributed by atoms with Crippen LogP contribution in [0, 0.1) is 0 Å². The van der Waals surface area contributed by atoms with Crippen LogP contribution >= 0.6 is 0 Å². The van der Waals surface area contributed by atoms with E-state index in [9.17, 15) is 14.4 Å². The lowest BCUT2D eigenvalue weighted by molar-refractivity contribution is -0.137. The van der Waals surface area contributed by atoms with Gasteiger partial charge in [0.1, 0.15) is 12.6 Å². The number of nitrogens with zero attached hydrogens (tertiary/aromatic N) is 2. The van der Waals surface area contributed by atoms with Gasteiger partial charge in [0.05, 0.1) is 12.9 Å². The molecule has 5 N–H and O–H groups in total. The molecule has 0 radical (unpaired) electrons. The molecule has 2 aromatic carbocycles. The monoisotopic (exact) mass is 532 g/mol. The number of amides is 3. The van der Waals surface area contributed by atoms with E-state index in [1.165, 1.54) is 16.8 Å². The number of carbonyl (C=O) groups excluding carboxylic acids is 3. The average molecular weight is 533 g/mol. The molecule has 0 bridgehead atoms. The lowest BCUT2D eigenvalue weighted by Gasteiger charge is -2.42. The molecule has 1 atom stereocenters. The zero-order valence-corrected chi connectivity index (χ0v) is 22.0. The molecule has 1 aliphatic carbocycles. The minimum Gasteiger partial charge on any atom is -0.445 e. The van der Waals surface area contributed by atoms with Gasteiger partial charge in [-0.25, -0.2) is 9.78 Å². The third-order valence-corrected chi connectivity index (χ3v) is 7.15. The van der Waals surface area contributed by atoms with Crippen LogP contribution in [0.15, 0.2) is 73.2 Å². The number of ether oxygens (including phenoxy) is 1. The standard InChI is InChI=1S/C29H36N6O4/c30-14-15-35(18-26(36)32-20-29(12-7-13-29)23-10-5-2-6-11-23)27(37)25(16-24-17-31-21-33-24)34-28(38)39-19-22-8-3-1-4-9-22/h1-6,8-11,17,21,25H,7,12-16,18-20,30H2,(H,31,33)(H,32,36)(H,34,38). The first-order valence-corrected chi connectivity index (χ1v) is 13.2. The van der Waals surface area contributed by atoms with Crippen LogP contribution in [0.3, 0.4) is 0 Å². The normalized spacial score (nSPS) is 14.5. The SMILES string of the molecule is NCCN(CC(=O)NCC1(c2ccccc2)CCC1)C(=O)C(Cc1cnc[nH]1)NC(=O)OCc1ccccc1. The molecule has 4 rings (SSSR count). The van der Waals surface area contributed by atoms with Crippen LogP contribution < -0.4 is 16.4 Å². The van der Waals surface area contributed by atoms with Crippen molar-refractivity contribution in [2.45, 2.75) is 43.7 Å². The van der Waals surface area contributed by atoms with Crippen molar-refractivity contribution in [3.05, 3.63) is 90.0 Å². The minimum atomic E-state index is -0.977. The molecule has 1 heterocycles. The highest BCUT2D eigenvalue weighted by Gasteiger charge is 2.39. The zero-order chi connectivity index (χ0) is 27.5. The molecular weight excluding hydrogens is 496 g/mol. The predicted octanol–water partition coefficient (Wildman–Crippen LogP) is 2.27. The number of carbonyl (C=O) groups is 3. The van der Waals surface area contributed by atoms with Crippen LogP contribution in [0.25, 0.3) is 0 Å². The Labute approximate surface area is 228 Å². The molecule has 0 spiro atoms. The van der Waals surface area contributed by atoms with E-state index in [1.807, 2.05) is 48.5 Å². The number of hydrogen-bond acceptors (Lipinski definition) is 6. The maximum absolute atomic E-state index is 13.6. The maximum Gasteiger partial charge on any atom is 0.408 e. The maximum atomic E-state index is 13.6. The zero-order valence-electron chi connectivity index (χ0n) is 22.0. The Bertz CT molecular complexity index is 1200. The molecule has 1 aliphatic rings.